The second-order valence-corrected chi connectivity index (χ2v) is 5.35. The Balaban J connectivity index is 3.59. The summed E-state index contributed by atoms with van der Waals surface area (Å²) < 4.78 is 22.2. The SMILES string of the molecule is NS(=O)(=O)c1cc(C(=O)O)cc(Cl)c1Br. The number of benzene rings is 1. The van der Waals surface area contributed by atoms with Gasteiger partial charge in [-0.15, -0.1) is 0 Å². The smallest absolute Gasteiger partial charge is 0.335 e. The van der Waals surface area contributed by atoms with Crippen LogP contribution in [0.2, 0.25) is 5.02 Å². The van der Waals surface area contributed by atoms with E-state index in [2.05, 4.69) is 15.9 Å². The normalized spacial score (nSPS) is 11.4. The lowest BCUT2D eigenvalue weighted by Gasteiger charge is -2.05. The lowest BCUT2D eigenvalue weighted by Crippen LogP contribution is -2.14. The second kappa shape index (κ2) is 4.09. The van der Waals surface area contributed by atoms with Crippen LogP contribution < -0.4 is 5.14 Å². The predicted molar refractivity (Wildman–Crippen MR) is 57.5 cm³/mol. The number of sulfonamides is 1. The lowest BCUT2D eigenvalue weighted by atomic mass is 10.2. The fourth-order valence-electron chi connectivity index (χ4n) is 0.894. The summed E-state index contributed by atoms with van der Waals surface area (Å²) in [6.45, 7) is 0. The highest BCUT2D eigenvalue weighted by atomic mass is 79.9. The minimum Gasteiger partial charge on any atom is -0.478 e. The van der Waals surface area contributed by atoms with Crippen LogP contribution in [0.1, 0.15) is 10.4 Å². The highest BCUT2D eigenvalue weighted by Gasteiger charge is 2.18. The molecule has 0 saturated heterocycles. The molecule has 1 aromatic rings. The molecule has 0 bridgehead atoms. The summed E-state index contributed by atoms with van der Waals surface area (Å²) >= 11 is 8.55. The molecule has 0 aliphatic rings. The van der Waals surface area contributed by atoms with Gasteiger partial charge in [0.2, 0.25) is 10.0 Å². The number of carboxylic acid groups (broad SMARTS) is 1. The zero-order valence-electron chi connectivity index (χ0n) is 7.07. The van der Waals surface area contributed by atoms with Gasteiger partial charge < -0.3 is 5.11 Å². The fraction of sp³-hybridized carbons (Fsp3) is 0. The number of nitrogens with two attached hydrogens (primary N) is 1. The molecule has 0 fully saturated rings. The molecular formula is C7H5BrClNO4S. The van der Waals surface area contributed by atoms with Crippen LogP contribution in [-0.2, 0) is 10.0 Å². The van der Waals surface area contributed by atoms with Crippen molar-refractivity contribution in [1.29, 1.82) is 0 Å². The van der Waals surface area contributed by atoms with Gasteiger partial charge in [-0.3, -0.25) is 0 Å². The minimum atomic E-state index is -4.01. The number of carbonyl (C=O) groups is 1. The summed E-state index contributed by atoms with van der Waals surface area (Å²) in [6.07, 6.45) is 0. The Kier molecular flexibility index (Phi) is 3.39. The van der Waals surface area contributed by atoms with Crippen molar-refractivity contribution in [3.05, 3.63) is 27.2 Å². The van der Waals surface area contributed by atoms with Gasteiger partial charge in [0.1, 0.15) is 0 Å². The van der Waals surface area contributed by atoms with E-state index in [4.69, 9.17) is 21.8 Å². The van der Waals surface area contributed by atoms with Crippen LogP contribution in [0.15, 0.2) is 21.5 Å². The van der Waals surface area contributed by atoms with E-state index in [1.165, 1.54) is 0 Å². The molecule has 0 radical (unpaired) electrons. The van der Waals surface area contributed by atoms with E-state index < -0.39 is 16.0 Å². The average molecular weight is 315 g/mol. The summed E-state index contributed by atoms with van der Waals surface area (Å²) in [7, 11) is -4.01. The van der Waals surface area contributed by atoms with Crippen molar-refractivity contribution in [3.63, 3.8) is 0 Å². The van der Waals surface area contributed by atoms with Crippen LogP contribution >= 0.6 is 27.5 Å². The third-order valence-electron chi connectivity index (χ3n) is 1.55. The Labute approximate surface area is 99.0 Å². The second-order valence-electron chi connectivity index (χ2n) is 2.62. The first-order chi connectivity index (χ1) is 6.73. The zero-order chi connectivity index (χ0) is 11.8. The maximum absolute atomic E-state index is 11.1. The van der Waals surface area contributed by atoms with E-state index in [0.717, 1.165) is 12.1 Å². The molecule has 0 atom stereocenters. The molecule has 1 aromatic carbocycles. The highest BCUT2D eigenvalue weighted by molar-refractivity contribution is 9.10. The molecule has 15 heavy (non-hydrogen) atoms. The molecule has 3 N–H and O–H groups in total. The number of rotatable bonds is 2. The molecule has 0 amide bonds. The van der Waals surface area contributed by atoms with Gasteiger partial charge in [0.15, 0.2) is 0 Å². The molecule has 0 saturated carbocycles. The Morgan fingerprint density at radius 2 is 2.00 bits per heavy atom. The third kappa shape index (κ3) is 2.69. The van der Waals surface area contributed by atoms with Crippen molar-refractivity contribution < 1.29 is 18.3 Å². The van der Waals surface area contributed by atoms with Gasteiger partial charge in [-0.1, -0.05) is 11.6 Å². The molecular weight excluding hydrogens is 310 g/mol. The van der Waals surface area contributed by atoms with Gasteiger partial charge in [-0.2, -0.15) is 0 Å². The van der Waals surface area contributed by atoms with Crippen LogP contribution in [0, 0.1) is 0 Å². The Morgan fingerprint density at radius 3 is 2.40 bits per heavy atom. The van der Waals surface area contributed by atoms with Crippen molar-refractivity contribution in [3.8, 4) is 0 Å². The van der Waals surface area contributed by atoms with Crippen molar-refractivity contribution in [2.75, 3.05) is 0 Å². The van der Waals surface area contributed by atoms with E-state index in [0.29, 0.717) is 0 Å². The van der Waals surface area contributed by atoms with E-state index in [1.54, 1.807) is 0 Å². The third-order valence-corrected chi connectivity index (χ3v) is 4.13. The molecule has 1 rings (SSSR count). The number of hydrogen-bond donors (Lipinski definition) is 2. The largest absolute Gasteiger partial charge is 0.478 e. The number of halogens is 2. The quantitative estimate of drug-likeness (QED) is 0.863. The van der Waals surface area contributed by atoms with Gasteiger partial charge in [0, 0.05) is 0 Å². The van der Waals surface area contributed by atoms with Crippen LogP contribution in [0.4, 0.5) is 0 Å². The standard InChI is InChI=1S/C7H5BrClNO4S/c8-6-4(9)1-3(7(11)12)2-5(6)15(10,13)14/h1-2H,(H,11,12)(H2,10,13,14). The molecule has 0 heterocycles. The molecule has 0 aromatic heterocycles. The van der Waals surface area contributed by atoms with Crippen molar-refractivity contribution in [2.24, 2.45) is 5.14 Å². The first-order valence-corrected chi connectivity index (χ1v) is 6.20. The van der Waals surface area contributed by atoms with Crippen LogP contribution in [0.3, 0.4) is 0 Å². The Hall–Kier alpha value is -0.630. The Morgan fingerprint density at radius 1 is 1.47 bits per heavy atom. The van der Waals surface area contributed by atoms with Gasteiger partial charge in [0.25, 0.3) is 0 Å². The lowest BCUT2D eigenvalue weighted by molar-refractivity contribution is 0.0696. The van der Waals surface area contributed by atoms with Crippen molar-refractivity contribution >= 4 is 43.5 Å². The molecule has 0 aliphatic carbocycles. The van der Waals surface area contributed by atoms with E-state index in [1.807, 2.05) is 0 Å². The van der Waals surface area contributed by atoms with Crippen LogP contribution in [0.25, 0.3) is 0 Å². The Bertz CT molecular complexity index is 528. The fourth-order valence-corrected chi connectivity index (χ4v) is 2.73. The number of carboxylic acids is 1. The molecule has 8 heteroatoms. The molecule has 0 aliphatic heterocycles. The minimum absolute atomic E-state index is 0.0288. The van der Waals surface area contributed by atoms with Gasteiger partial charge in [-0.25, -0.2) is 18.4 Å². The van der Waals surface area contributed by atoms with Crippen molar-refractivity contribution in [1.82, 2.24) is 0 Å². The summed E-state index contributed by atoms with van der Waals surface area (Å²) in [4.78, 5) is 10.3. The number of hydrogen-bond acceptors (Lipinski definition) is 3. The molecule has 0 unspecified atom stereocenters. The highest BCUT2D eigenvalue weighted by Crippen LogP contribution is 2.30. The average Bonchev–Trinajstić information content (AvgIpc) is 2.06. The van der Waals surface area contributed by atoms with Crippen LogP contribution in [-0.4, -0.2) is 19.5 Å². The number of aromatic carboxylic acids is 1. The van der Waals surface area contributed by atoms with E-state index in [9.17, 15) is 13.2 Å². The van der Waals surface area contributed by atoms with Gasteiger partial charge in [0.05, 0.1) is 20.0 Å². The monoisotopic (exact) mass is 313 g/mol. The maximum atomic E-state index is 11.1. The van der Waals surface area contributed by atoms with Gasteiger partial charge in [-0.05, 0) is 28.1 Å². The number of primary sulfonamides is 1. The summed E-state index contributed by atoms with van der Waals surface area (Å²) in [5.74, 6) is -1.28. The topological polar surface area (TPSA) is 97.5 Å². The molecule has 5 nitrogen and oxygen atoms in total. The van der Waals surface area contributed by atoms with E-state index >= 15 is 0 Å². The zero-order valence-corrected chi connectivity index (χ0v) is 10.2. The van der Waals surface area contributed by atoms with Gasteiger partial charge >= 0.3 is 5.97 Å². The summed E-state index contributed by atoms with van der Waals surface area (Å²) in [6, 6.07) is 2.07. The summed E-state index contributed by atoms with van der Waals surface area (Å²) in [5, 5.41) is 13.5. The van der Waals surface area contributed by atoms with E-state index in [-0.39, 0.29) is 20.0 Å². The first-order valence-electron chi connectivity index (χ1n) is 3.48. The summed E-state index contributed by atoms with van der Waals surface area (Å²) in [5.41, 5.74) is -0.243. The van der Waals surface area contributed by atoms with Crippen LogP contribution in [0.5, 0.6) is 0 Å². The molecule has 82 valence electrons. The van der Waals surface area contributed by atoms with Crippen molar-refractivity contribution in [2.45, 2.75) is 4.90 Å². The molecule has 0 spiro atoms. The predicted octanol–water partition coefficient (Wildman–Crippen LogP) is 1.45. The maximum Gasteiger partial charge on any atom is 0.335 e. The first kappa shape index (κ1) is 12.4.